The van der Waals surface area contributed by atoms with Gasteiger partial charge in [0.1, 0.15) is 0 Å². The number of hydrogen-bond donors (Lipinski definition) is 2. The first kappa shape index (κ1) is 15.5. The highest BCUT2D eigenvalue weighted by Gasteiger charge is 2.24. The molecule has 1 heterocycles. The van der Waals surface area contributed by atoms with Crippen LogP contribution in [-0.2, 0) is 10.0 Å². The van der Waals surface area contributed by atoms with Crippen LogP contribution in [0.3, 0.4) is 0 Å². The molecule has 5 heteroatoms. The number of benzene rings is 1. The SMILES string of the molecule is Cc1ccc(S(=O)(=O)NCC2CCNCC2C)c(C)c1. The van der Waals surface area contributed by atoms with E-state index < -0.39 is 10.0 Å². The third-order valence-electron chi connectivity index (χ3n) is 4.12. The van der Waals surface area contributed by atoms with Crippen molar-refractivity contribution >= 4 is 10.0 Å². The molecule has 0 spiro atoms. The predicted molar refractivity (Wildman–Crippen MR) is 81.2 cm³/mol. The molecule has 1 aliphatic rings. The van der Waals surface area contributed by atoms with Crippen molar-refractivity contribution < 1.29 is 8.42 Å². The molecule has 2 N–H and O–H groups in total. The molecule has 0 aromatic heterocycles. The lowest BCUT2D eigenvalue weighted by atomic mass is 9.88. The van der Waals surface area contributed by atoms with Crippen LogP contribution in [0, 0.1) is 25.7 Å². The van der Waals surface area contributed by atoms with Crippen molar-refractivity contribution in [2.75, 3.05) is 19.6 Å². The number of piperidine rings is 1. The fraction of sp³-hybridized carbons (Fsp3) is 0.600. The first-order valence-corrected chi connectivity index (χ1v) is 8.66. The lowest BCUT2D eigenvalue weighted by Crippen LogP contribution is -2.41. The van der Waals surface area contributed by atoms with Crippen molar-refractivity contribution in [2.45, 2.75) is 32.1 Å². The molecule has 1 aliphatic heterocycles. The number of aryl methyl sites for hydroxylation is 2. The van der Waals surface area contributed by atoms with Gasteiger partial charge in [0.2, 0.25) is 10.0 Å². The molecule has 1 saturated heterocycles. The average molecular weight is 296 g/mol. The molecule has 1 aromatic rings. The second kappa shape index (κ2) is 6.24. The Morgan fingerprint density at radius 3 is 2.75 bits per heavy atom. The summed E-state index contributed by atoms with van der Waals surface area (Å²) in [4.78, 5) is 0.393. The van der Waals surface area contributed by atoms with Gasteiger partial charge < -0.3 is 5.32 Å². The summed E-state index contributed by atoms with van der Waals surface area (Å²) >= 11 is 0. The molecule has 20 heavy (non-hydrogen) atoms. The molecule has 0 amide bonds. The molecular weight excluding hydrogens is 272 g/mol. The van der Waals surface area contributed by atoms with Gasteiger partial charge in [-0.05, 0) is 56.8 Å². The van der Waals surface area contributed by atoms with Crippen LogP contribution in [0.5, 0.6) is 0 Å². The molecule has 1 aromatic carbocycles. The van der Waals surface area contributed by atoms with E-state index in [-0.39, 0.29) is 0 Å². The Kier molecular flexibility index (Phi) is 4.83. The molecule has 0 saturated carbocycles. The van der Waals surface area contributed by atoms with Gasteiger partial charge in [-0.3, -0.25) is 0 Å². The average Bonchev–Trinajstić information content (AvgIpc) is 2.37. The van der Waals surface area contributed by atoms with Crippen molar-refractivity contribution in [1.29, 1.82) is 0 Å². The Bertz CT molecular complexity index is 569. The minimum absolute atomic E-state index is 0.393. The summed E-state index contributed by atoms with van der Waals surface area (Å²) in [6.45, 7) is 8.44. The third-order valence-corrected chi connectivity index (χ3v) is 5.70. The summed E-state index contributed by atoms with van der Waals surface area (Å²) < 4.78 is 27.6. The highest BCUT2D eigenvalue weighted by Crippen LogP contribution is 2.20. The van der Waals surface area contributed by atoms with Crippen LogP contribution in [0.2, 0.25) is 0 Å². The summed E-state index contributed by atoms with van der Waals surface area (Å²) in [6.07, 6.45) is 1.02. The van der Waals surface area contributed by atoms with Crippen LogP contribution in [0.15, 0.2) is 23.1 Å². The van der Waals surface area contributed by atoms with Gasteiger partial charge in [0.05, 0.1) is 4.90 Å². The quantitative estimate of drug-likeness (QED) is 0.891. The Hall–Kier alpha value is -0.910. The van der Waals surface area contributed by atoms with E-state index >= 15 is 0 Å². The van der Waals surface area contributed by atoms with E-state index in [1.165, 1.54) is 0 Å². The van der Waals surface area contributed by atoms with E-state index in [1.807, 2.05) is 26.0 Å². The van der Waals surface area contributed by atoms with Crippen molar-refractivity contribution in [3.63, 3.8) is 0 Å². The highest BCUT2D eigenvalue weighted by atomic mass is 32.2. The standard InChI is InChI=1S/C15H24N2O2S/c1-11-4-5-15(12(2)8-11)20(18,19)17-10-14-6-7-16-9-13(14)3/h4-5,8,13-14,16-17H,6-7,9-10H2,1-3H3. The van der Waals surface area contributed by atoms with Crippen molar-refractivity contribution in [1.82, 2.24) is 10.0 Å². The van der Waals surface area contributed by atoms with Crippen LogP contribution < -0.4 is 10.0 Å². The fourth-order valence-corrected chi connectivity index (χ4v) is 4.09. The zero-order chi connectivity index (χ0) is 14.8. The number of rotatable bonds is 4. The van der Waals surface area contributed by atoms with Crippen molar-refractivity contribution in [3.05, 3.63) is 29.3 Å². The van der Waals surface area contributed by atoms with Gasteiger partial charge in [0.15, 0.2) is 0 Å². The van der Waals surface area contributed by atoms with Gasteiger partial charge in [0, 0.05) is 6.54 Å². The fourth-order valence-electron chi connectivity index (χ4n) is 2.77. The highest BCUT2D eigenvalue weighted by molar-refractivity contribution is 7.89. The van der Waals surface area contributed by atoms with Gasteiger partial charge in [-0.15, -0.1) is 0 Å². The summed E-state index contributed by atoms with van der Waals surface area (Å²) in [5.41, 5.74) is 1.88. The Morgan fingerprint density at radius 2 is 2.10 bits per heavy atom. The summed E-state index contributed by atoms with van der Waals surface area (Å²) in [5, 5.41) is 3.33. The van der Waals surface area contributed by atoms with Crippen molar-refractivity contribution in [2.24, 2.45) is 11.8 Å². The van der Waals surface area contributed by atoms with Crippen LogP contribution >= 0.6 is 0 Å². The number of sulfonamides is 1. The van der Waals surface area contributed by atoms with Crippen LogP contribution in [0.1, 0.15) is 24.5 Å². The Labute approximate surface area is 122 Å². The van der Waals surface area contributed by atoms with E-state index in [4.69, 9.17) is 0 Å². The van der Waals surface area contributed by atoms with E-state index in [9.17, 15) is 8.42 Å². The van der Waals surface area contributed by atoms with Gasteiger partial charge in [-0.25, -0.2) is 13.1 Å². The number of nitrogens with one attached hydrogen (secondary N) is 2. The molecule has 2 atom stereocenters. The Balaban J connectivity index is 2.07. The summed E-state index contributed by atoms with van der Waals surface area (Å²) in [6, 6.07) is 5.44. The minimum atomic E-state index is -3.40. The molecule has 0 bridgehead atoms. The molecule has 0 aliphatic carbocycles. The van der Waals surface area contributed by atoms with Crippen LogP contribution in [0.4, 0.5) is 0 Å². The molecule has 112 valence electrons. The second-order valence-corrected chi connectivity index (χ2v) is 7.59. The smallest absolute Gasteiger partial charge is 0.240 e. The van der Waals surface area contributed by atoms with Gasteiger partial charge in [-0.1, -0.05) is 24.6 Å². The zero-order valence-corrected chi connectivity index (χ0v) is 13.3. The van der Waals surface area contributed by atoms with E-state index in [0.717, 1.165) is 30.6 Å². The van der Waals surface area contributed by atoms with Gasteiger partial charge in [-0.2, -0.15) is 0 Å². The van der Waals surface area contributed by atoms with E-state index in [2.05, 4.69) is 17.0 Å². The largest absolute Gasteiger partial charge is 0.316 e. The predicted octanol–water partition coefficient (Wildman–Crippen LogP) is 1.83. The third kappa shape index (κ3) is 3.59. The number of hydrogen-bond acceptors (Lipinski definition) is 3. The molecule has 4 nitrogen and oxygen atoms in total. The molecular formula is C15H24N2O2S. The van der Waals surface area contributed by atoms with Crippen LogP contribution in [-0.4, -0.2) is 28.1 Å². The van der Waals surface area contributed by atoms with Gasteiger partial charge in [0.25, 0.3) is 0 Å². The molecule has 2 unspecified atom stereocenters. The van der Waals surface area contributed by atoms with Crippen LogP contribution in [0.25, 0.3) is 0 Å². The molecule has 0 radical (unpaired) electrons. The lowest BCUT2D eigenvalue weighted by molar-refractivity contribution is 0.274. The lowest BCUT2D eigenvalue weighted by Gasteiger charge is -2.29. The molecule has 2 rings (SSSR count). The van der Waals surface area contributed by atoms with E-state index in [1.54, 1.807) is 6.07 Å². The summed E-state index contributed by atoms with van der Waals surface area (Å²) in [7, 11) is -3.40. The zero-order valence-electron chi connectivity index (χ0n) is 12.4. The van der Waals surface area contributed by atoms with Crippen molar-refractivity contribution in [3.8, 4) is 0 Å². The minimum Gasteiger partial charge on any atom is -0.316 e. The topological polar surface area (TPSA) is 58.2 Å². The first-order chi connectivity index (χ1) is 9.40. The summed E-state index contributed by atoms with van der Waals surface area (Å²) in [5.74, 6) is 0.919. The Morgan fingerprint density at radius 1 is 1.35 bits per heavy atom. The normalized spacial score (nSPS) is 23.8. The molecule has 1 fully saturated rings. The maximum atomic E-state index is 12.4. The maximum Gasteiger partial charge on any atom is 0.240 e. The van der Waals surface area contributed by atoms with Gasteiger partial charge >= 0.3 is 0 Å². The maximum absolute atomic E-state index is 12.4. The first-order valence-electron chi connectivity index (χ1n) is 7.18. The second-order valence-electron chi connectivity index (χ2n) is 5.85. The monoisotopic (exact) mass is 296 g/mol. The van der Waals surface area contributed by atoms with E-state index in [0.29, 0.717) is 23.3 Å².